The molecular formula is C19H21N5O2S. The van der Waals surface area contributed by atoms with Gasteiger partial charge < -0.3 is 15.7 Å². The second kappa shape index (κ2) is 7.50. The van der Waals surface area contributed by atoms with E-state index in [0.717, 1.165) is 17.0 Å². The minimum absolute atomic E-state index is 0.0965. The first-order valence-corrected chi connectivity index (χ1v) is 9.75. The lowest BCUT2D eigenvalue weighted by atomic mass is 10.1. The monoisotopic (exact) mass is 383 g/mol. The number of aromatic nitrogens is 3. The summed E-state index contributed by atoms with van der Waals surface area (Å²) in [6.07, 6.45) is 0.250. The number of thiazole rings is 1. The number of benzene rings is 1. The van der Waals surface area contributed by atoms with Crippen LogP contribution in [-0.2, 0) is 24.3 Å². The number of aliphatic hydroxyl groups is 1. The average Bonchev–Trinajstić information content (AvgIpc) is 3.31. The number of aryl methyl sites for hydroxylation is 1. The van der Waals surface area contributed by atoms with Crippen molar-refractivity contribution in [2.45, 2.75) is 32.0 Å². The average molecular weight is 383 g/mol. The molecule has 1 aliphatic heterocycles. The molecule has 1 atom stereocenters. The van der Waals surface area contributed by atoms with E-state index in [4.69, 9.17) is 5.73 Å². The van der Waals surface area contributed by atoms with Crippen LogP contribution in [0.1, 0.15) is 35.2 Å². The summed E-state index contributed by atoms with van der Waals surface area (Å²) in [5, 5.41) is 17.5. The van der Waals surface area contributed by atoms with E-state index in [2.05, 4.69) is 10.1 Å². The van der Waals surface area contributed by atoms with E-state index in [0.29, 0.717) is 43.3 Å². The Bertz CT molecular complexity index is 937. The fraction of sp³-hybridized carbons (Fsp3) is 0.316. The minimum Gasteiger partial charge on any atom is -0.382 e. The maximum atomic E-state index is 12.5. The third-order valence-electron chi connectivity index (χ3n) is 4.73. The highest BCUT2D eigenvalue weighted by atomic mass is 32.1. The van der Waals surface area contributed by atoms with Crippen LogP contribution in [0.25, 0.3) is 0 Å². The molecule has 1 amide bonds. The molecule has 1 aromatic carbocycles. The Labute approximate surface area is 161 Å². The van der Waals surface area contributed by atoms with E-state index in [1.165, 1.54) is 11.3 Å². The summed E-state index contributed by atoms with van der Waals surface area (Å²) < 4.78 is 1.88. The van der Waals surface area contributed by atoms with Gasteiger partial charge in [-0.2, -0.15) is 5.10 Å². The Morgan fingerprint density at radius 1 is 1.30 bits per heavy atom. The van der Waals surface area contributed by atoms with E-state index in [1.54, 1.807) is 0 Å². The van der Waals surface area contributed by atoms with Crippen molar-refractivity contribution < 1.29 is 9.90 Å². The Morgan fingerprint density at radius 2 is 2.11 bits per heavy atom. The van der Waals surface area contributed by atoms with Crippen LogP contribution >= 0.6 is 11.3 Å². The third-order valence-corrected chi connectivity index (χ3v) is 5.45. The minimum atomic E-state index is -0.761. The van der Waals surface area contributed by atoms with Crippen LogP contribution in [0.4, 0.5) is 5.13 Å². The molecular weight excluding hydrogens is 362 g/mol. The maximum Gasteiger partial charge on any atom is 0.223 e. The lowest BCUT2D eigenvalue weighted by Crippen LogP contribution is -2.38. The zero-order valence-electron chi connectivity index (χ0n) is 14.8. The normalized spacial score (nSPS) is 14.8. The van der Waals surface area contributed by atoms with Gasteiger partial charge in [0.2, 0.25) is 5.91 Å². The van der Waals surface area contributed by atoms with Crippen molar-refractivity contribution in [3.05, 3.63) is 64.4 Å². The SMILES string of the molecule is Nc1nc(CCC(=O)N2CCn3nc([C@H](O)c4ccccc4)cc3C2)cs1. The summed E-state index contributed by atoms with van der Waals surface area (Å²) in [6, 6.07) is 11.3. The number of amides is 1. The van der Waals surface area contributed by atoms with Crippen molar-refractivity contribution in [1.82, 2.24) is 19.7 Å². The summed E-state index contributed by atoms with van der Waals surface area (Å²) in [5.74, 6) is 0.0965. The Balaban J connectivity index is 1.41. The molecule has 8 heteroatoms. The first-order chi connectivity index (χ1) is 13.1. The van der Waals surface area contributed by atoms with Crippen molar-refractivity contribution in [2.75, 3.05) is 12.3 Å². The number of hydrogen-bond acceptors (Lipinski definition) is 6. The van der Waals surface area contributed by atoms with Gasteiger partial charge in [0.25, 0.3) is 0 Å². The molecule has 0 unspecified atom stereocenters. The number of rotatable bonds is 5. The molecule has 0 spiro atoms. The van der Waals surface area contributed by atoms with E-state index < -0.39 is 6.10 Å². The molecule has 3 aromatic rings. The fourth-order valence-electron chi connectivity index (χ4n) is 3.27. The number of anilines is 1. The van der Waals surface area contributed by atoms with Crippen LogP contribution in [0.5, 0.6) is 0 Å². The van der Waals surface area contributed by atoms with Gasteiger partial charge in [-0.25, -0.2) is 4.98 Å². The van der Waals surface area contributed by atoms with Crippen molar-refractivity contribution in [1.29, 1.82) is 0 Å². The van der Waals surface area contributed by atoms with E-state index >= 15 is 0 Å². The highest BCUT2D eigenvalue weighted by Gasteiger charge is 2.24. The number of carbonyl (C=O) groups is 1. The third kappa shape index (κ3) is 3.86. The van der Waals surface area contributed by atoms with E-state index in [9.17, 15) is 9.90 Å². The van der Waals surface area contributed by atoms with Crippen molar-refractivity contribution in [3.63, 3.8) is 0 Å². The van der Waals surface area contributed by atoms with Gasteiger partial charge in [0.15, 0.2) is 5.13 Å². The number of carbonyl (C=O) groups excluding carboxylic acids is 1. The van der Waals surface area contributed by atoms with Crippen molar-refractivity contribution in [2.24, 2.45) is 0 Å². The lowest BCUT2D eigenvalue weighted by molar-refractivity contribution is -0.132. The van der Waals surface area contributed by atoms with Gasteiger partial charge >= 0.3 is 0 Å². The Morgan fingerprint density at radius 3 is 2.85 bits per heavy atom. The molecule has 140 valence electrons. The lowest BCUT2D eigenvalue weighted by Gasteiger charge is -2.27. The van der Waals surface area contributed by atoms with Crippen molar-refractivity contribution in [3.8, 4) is 0 Å². The predicted molar refractivity (Wildman–Crippen MR) is 103 cm³/mol. The second-order valence-corrected chi connectivity index (χ2v) is 7.48. The van der Waals surface area contributed by atoms with Gasteiger partial charge in [0, 0.05) is 18.3 Å². The molecule has 4 rings (SSSR count). The zero-order chi connectivity index (χ0) is 18.8. The molecule has 0 fully saturated rings. The largest absolute Gasteiger partial charge is 0.382 e. The van der Waals surface area contributed by atoms with Gasteiger partial charge in [-0.05, 0) is 18.1 Å². The van der Waals surface area contributed by atoms with Crippen molar-refractivity contribution >= 4 is 22.4 Å². The van der Waals surface area contributed by atoms with E-state index in [1.807, 2.05) is 51.4 Å². The Hall–Kier alpha value is -2.71. The molecule has 0 aliphatic carbocycles. The number of fused-ring (bicyclic) bond motifs is 1. The van der Waals surface area contributed by atoms with Gasteiger partial charge in [0.05, 0.1) is 30.2 Å². The standard InChI is InChI=1S/C19H21N5O2S/c20-19-21-14(12-27-19)6-7-17(25)23-8-9-24-15(11-23)10-16(22-24)18(26)13-4-2-1-3-5-13/h1-5,10,12,18,26H,6-9,11H2,(H2,20,21)/t18-/m1/s1. The summed E-state index contributed by atoms with van der Waals surface area (Å²) in [5.41, 5.74) is 8.86. The van der Waals surface area contributed by atoms with Gasteiger partial charge in [-0.1, -0.05) is 30.3 Å². The van der Waals surface area contributed by atoms with Crippen LogP contribution in [0.2, 0.25) is 0 Å². The molecule has 0 saturated heterocycles. The molecule has 2 aromatic heterocycles. The van der Waals surface area contributed by atoms with Crippen LogP contribution in [0.15, 0.2) is 41.8 Å². The van der Waals surface area contributed by atoms with Gasteiger partial charge in [0.1, 0.15) is 6.10 Å². The molecule has 27 heavy (non-hydrogen) atoms. The fourth-order valence-corrected chi connectivity index (χ4v) is 3.87. The number of nitrogens with two attached hydrogens (primary N) is 1. The molecule has 7 nitrogen and oxygen atoms in total. The number of nitrogen functional groups attached to an aromatic ring is 1. The Kier molecular flexibility index (Phi) is 4.91. The number of hydrogen-bond donors (Lipinski definition) is 2. The quantitative estimate of drug-likeness (QED) is 0.702. The van der Waals surface area contributed by atoms with Gasteiger partial charge in [-0.15, -0.1) is 11.3 Å². The topological polar surface area (TPSA) is 97.3 Å². The highest BCUT2D eigenvalue weighted by molar-refractivity contribution is 7.13. The summed E-state index contributed by atoms with van der Waals surface area (Å²) in [7, 11) is 0. The molecule has 3 N–H and O–H groups in total. The molecule has 3 heterocycles. The molecule has 0 saturated carbocycles. The molecule has 1 aliphatic rings. The second-order valence-electron chi connectivity index (χ2n) is 6.59. The number of aliphatic hydroxyl groups excluding tert-OH is 1. The van der Waals surface area contributed by atoms with Crippen LogP contribution in [0, 0.1) is 0 Å². The summed E-state index contributed by atoms with van der Waals surface area (Å²) in [4.78, 5) is 18.6. The van der Waals surface area contributed by atoms with Crippen LogP contribution < -0.4 is 5.73 Å². The maximum absolute atomic E-state index is 12.5. The number of nitrogens with zero attached hydrogens (tertiary/aromatic N) is 4. The highest BCUT2D eigenvalue weighted by Crippen LogP contribution is 2.24. The summed E-state index contributed by atoms with van der Waals surface area (Å²) in [6.45, 7) is 1.76. The van der Waals surface area contributed by atoms with Gasteiger partial charge in [-0.3, -0.25) is 9.48 Å². The van der Waals surface area contributed by atoms with E-state index in [-0.39, 0.29) is 5.91 Å². The first-order valence-electron chi connectivity index (χ1n) is 8.87. The predicted octanol–water partition coefficient (Wildman–Crippen LogP) is 1.98. The van der Waals surface area contributed by atoms with Crippen LogP contribution in [-0.4, -0.2) is 37.2 Å². The zero-order valence-corrected chi connectivity index (χ0v) is 15.6. The van der Waals surface area contributed by atoms with Crippen LogP contribution in [0.3, 0.4) is 0 Å². The molecule has 0 bridgehead atoms. The smallest absolute Gasteiger partial charge is 0.223 e. The first kappa shape index (κ1) is 17.7. The summed E-state index contributed by atoms with van der Waals surface area (Å²) >= 11 is 1.39. The molecule has 0 radical (unpaired) electrons.